The maximum Gasteiger partial charge on any atom is 0.142 e. The van der Waals surface area contributed by atoms with Gasteiger partial charge in [0, 0.05) is 0 Å². The number of benzene rings is 1. The molecular formula is C11H15NO2. The van der Waals surface area contributed by atoms with Gasteiger partial charge in [0.2, 0.25) is 0 Å². The van der Waals surface area contributed by atoms with Gasteiger partial charge in [0.05, 0.1) is 12.8 Å². The Balaban J connectivity index is 2.49. The normalized spacial score (nSPS) is 19.8. The summed E-state index contributed by atoms with van der Waals surface area (Å²) in [5.74, 6) is 0.810. The summed E-state index contributed by atoms with van der Waals surface area (Å²) in [5, 5.41) is 12.6. The summed E-state index contributed by atoms with van der Waals surface area (Å²) in [5.41, 5.74) is 3.46. The van der Waals surface area contributed by atoms with E-state index in [4.69, 9.17) is 4.74 Å². The van der Waals surface area contributed by atoms with E-state index < -0.39 is 6.23 Å². The average Bonchev–Trinajstić information content (AvgIpc) is 2.18. The third-order valence-corrected chi connectivity index (χ3v) is 2.71. The van der Waals surface area contributed by atoms with Crippen molar-refractivity contribution in [2.45, 2.75) is 26.0 Å². The lowest BCUT2D eigenvalue weighted by Gasteiger charge is -2.26. The topological polar surface area (TPSA) is 41.5 Å². The van der Waals surface area contributed by atoms with Gasteiger partial charge in [-0.2, -0.15) is 0 Å². The van der Waals surface area contributed by atoms with Gasteiger partial charge in [-0.25, -0.2) is 0 Å². The lowest BCUT2D eigenvalue weighted by atomic mass is 9.97. The molecule has 0 radical (unpaired) electrons. The first-order valence-corrected chi connectivity index (χ1v) is 4.83. The first-order chi connectivity index (χ1) is 6.72. The number of aliphatic hydroxyl groups excluding tert-OH is 1. The molecular weight excluding hydrogens is 178 g/mol. The minimum Gasteiger partial charge on any atom is -0.495 e. The minimum atomic E-state index is -0.446. The molecule has 0 saturated heterocycles. The summed E-state index contributed by atoms with van der Waals surface area (Å²) >= 11 is 0. The maximum atomic E-state index is 9.50. The van der Waals surface area contributed by atoms with Crippen molar-refractivity contribution in [2.24, 2.45) is 0 Å². The highest BCUT2D eigenvalue weighted by atomic mass is 16.5. The highest BCUT2D eigenvalue weighted by Crippen LogP contribution is 2.35. The van der Waals surface area contributed by atoms with Crippen LogP contribution >= 0.6 is 0 Å². The van der Waals surface area contributed by atoms with Crippen molar-refractivity contribution < 1.29 is 9.84 Å². The molecule has 0 aliphatic carbocycles. The number of anilines is 1. The second kappa shape index (κ2) is 3.50. The van der Waals surface area contributed by atoms with Crippen LogP contribution in [0.4, 0.5) is 5.69 Å². The molecule has 3 nitrogen and oxygen atoms in total. The number of fused-ring (bicyclic) bond motifs is 1. The van der Waals surface area contributed by atoms with Crippen LogP contribution in [-0.2, 0) is 6.42 Å². The van der Waals surface area contributed by atoms with Crippen LogP contribution in [0.2, 0.25) is 0 Å². The molecule has 1 atom stereocenters. The van der Waals surface area contributed by atoms with Crippen molar-refractivity contribution in [3.8, 4) is 5.75 Å². The van der Waals surface area contributed by atoms with E-state index >= 15 is 0 Å². The van der Waals surface area contributed by atoms with Gasteiger partial charge in [0.1, 0.15) is 12.0 Å². The Hall–Kier alpha value is -1.22. The molecule has 2 rings (SSSR count). The first kappa shape index (κ1) is 9.34. The molecule has 1 unspecified atom stereocenters. The second-order valence-corrected chi connectivity index (χ2v) is 3.64. The van der Waals surface area contributed by atoms with E-state index in [1.54, 1.807) is 7.11 Å². The van der Waals surface area contributed by atoms with Gasteiger partial charge in [0.15, 0.2) is 0 Å². The van der Waals surface area contributed by atoms with Crippen molar-refractivity contribution in [1.82, 2.24) is 0 Å². The lowest BCUT2D eigenvalue weighted by molar-refractivity contribution is 0.188. The van der Waals surface area contributed by atoms with Crippen LogP contribution in [0.5, 0.6) is 5.75 Å². The fraction of sp³-hybridized carbons (Fsp3) is 0.455. The van der Waals surface area contributed by atoms with Crippen molar-refractivity contribution in [3.63, 3.8) is 0 Å². The minimum absolute atomic E-state index is 0.446. The Morgan fingerprint density at radius 1 is 1.50 bits per heavy atom. The Labute approximate surface area is 83.7 Å². The Bertz CT molecular complexity index is 349. The average molecular weight is 193 g/mol. The summed E-state index contributed by atoms with van der Waals surface area (Å²) in [7, 11) is 1.65. The van der Waals surface area contributed by atoms with Crippen LogP contribution in [-0.4, -0.2) is 18.4 Å². The fourth-order valence-corrected chi connectivity index (χ4v) is 1.90. The zero-order valence-corrected chi connectivity index (χ0v) is 8.50. The first-order valence-electron chi connectivity index (χ1n) is 4.83. The number of aryl methyl sites for hydroxylation is 1. The van der Waals surface area contributed by atoms with E-state index in [2.05, 4.69) is 18.3 Å². The van der Waals surface area contributed by atoms with Gasteiger partial charge < -0.3 is 15.2 Å². The summed E-state index contributed by atoms with van der Waals surface area (Å²) in [6, 6.07) is 3.98. The Morgan fingerprint density at radius 3 is 3.00 bits per heavy atom. The second-order valence-electron chi connectivity index (χ2n) is 3.64. The molecule has 1 aliphatic heterocycles. The standard InChI is InChI=1S/C11H15NO2/c1-7-3-5-9(14-2)11-8(7)4-6-10(13)12-11/h3,5,10,12-13H,4,6H2,1-2H3. The van der Waals surface area contributed by atoms with E-state index in [9.17, 15) is 5.11 Å². The highest BCUT2D eigenvalue weighted by molar-refractivity contribution is 5.65. The van der Waals surface area contributed by atoms with Crippen LogP contribution in [0.3, 0.4) is 0 Å². The van der Waals surface area contributed by atoms with Crippen LogP contribution in [0, 0.1) is 6.92 Å². The van der Waals surface area contributed by atoms with Crippen LogP contribution in [0.25, 0.3) is 0 Å². The van der Waals surface area contributed by atoms with Crippen LogP contribution < -0.4 is 10.1 Å². The fourth-order valence-electron chi connectivity index (χ4n) is 1.90. The molecule has 0 aromatic heterocycles. The third-order valence-electron chi connectivity index (χ3n) is 2.71. The third kappa shape index (κ3) is 1.44. The number of rotatable bonds is 1. The molecule has 2 N–H and O–H groups in total. The Kier molecular flexibility index (Phi) is 2.33. The lowest BCUT2D eigenvalue weighted by Crippen LogP contribution is -2.25. The quantitative estimate of drug-likeness (QED) is 0.713. The number of hydrogen-bond donors (Lipinski definition) is 2. The van der Waals surface area contributed by atoms with Crippen molar-refractivity contribution in [3.05, 3.63) is 23.3 Å². The molecule has 1 aromatic rings. The van der Waals surface area contributed by atoms with Gasteiger partial charge in [-0.3, -0.25) is 0 Å². The number of aliphatic hydroxyl groups is 1. The van der Waals surface area contributed by atoms with Gasteiger partial charge >= 0.3 is 0 Å². The maximum absolute atomic E-state index is 9.50. The van der Waals surface area contributed by atoms with Gasteiger partial charge in [-0.1, -0.05) is 6.07 Å². The molecule has 0 amide bonds. The van der Waals surface area contributed by atoms with Gasteiger partial charge in [-0.15, -0.1) is 0 Å². The molecule has 76 valence electrons. The molecule has 0 fully saturated rings. The van der Waals surface area contributed by atoms with Crippen molar-refractivity contribution >= 4 is 5.69 Å². The predicted octanol–water partition coefficient (Wildman–Crippen LogP) is 1.68. The number of hydrogen-bond acceptors (Lipinski definition) is 3. The zero-order chi connectivity index (χ0) is 10.1. The number of ether oxygens (including phenoxy) is 1. The van der Waals surface area contributed by atoms with E-state index in [0.29, 0.717) is 0 Å². The van der Waals surface area contributed by atoms with E-state index in [-0.39, 0.29) is 0 Å². The van der Waals surface area contributed by atoms with Crippen molar-refractivity contribution in [1.29, 1.82) is 0 Å². The zero-order valence-electron chi connectivity index (χ0n) is 8.50. The monoisotopic (exact) mass is 193 g/mol. The summed E-state index contributed by atoms with van der Waals surface area (Å²) < 4.78 is 5.24. The SMILES string of the molecule is COc1ccc(C)c2c1NC(O)CC2. The van der Waals surface area contributed by atoms with Crippen LogP contribution in [0.15, 0.2) is 12.1 Å². The number of methoxy groups -OCH3 is 1. The van der Waals surface area contributed by atoms with E-state index in [1.807, 2.05) is 6.07 Å². The van der Waals surface area contributed by atoms with Gasteiger partial charge in [0.25, 0.3) is 0 Å². The van der Waals surface area contributed by atoms with E-state index in [0.717, 1.165) is 24.3 Å². The molecule has 1 aromatic carbocycles. The van der Waals surface area contributed by atoms with Crippen LogP contribution in [0.1, 0.15) is 17.5 Å². The predicted molar refractivity (Wildman–Crippen MR) is 55.7 cm³/mol. The van der Waals surface area contributed by atoms with Gasteiger partial charge in [-0.05, 0) is 37.0 Å². The smallest absolute Gasteiger partial charge is 0.142 e. The molecule has 0 bridgehead atoms. The summed E-state index contributed by atoms with van der Waals surface area (Å²) in [6.07, 6.45) is 1.23. The molecule has 14 heavy (non-hydrogen) atoms. The largest absolute Gasteiger partial charge is 0.495 e. The summed E-state index contributed by atoms with van der Waals surface area (Å²) in [6.45, 7) is 2.08. The molecule has 0 saturated carbocycles. The highest BCUT2D eigenvalue weighted by Gasteiger charge is 2.20. The molecule has 1 heterocycles. The number of nitrogens with one attached hydrogen (secondary N) is 1. The van der Waals surface area contributed by atoms with E-state index in [1.165, 1.54) is 11.1 Å². The molecule has 1 aliphatic rings. The van der Waals surface area contributed by atoms with Crippen molar-refractivity contribution in [2.75, 3.05) is 12.4 Å². The molecule has 0 spiro atoms. The Morgan fingerprint density at radius 2 is 2.29 bits per heavy atom. The summed E-state index contributed by atoms with van der Waals surface area (Å²) in [4.78, 5) is 0. The molecule has 3 heteroatoms.